The largest absolute Gasteiger partial charge is 0.290 e. The molecule has 1 amide bonds. The Morgan fingerprint density at radius 2 is 1.82 bits per heavy atom. The quantitative estimate of drug-likeness (QED) is 0.511. The minimum Gasteiger partial charge on any atom is -0.290 e. The second-order valence-corrected chi connectivity index (χ2v) is 8.12. The summed E-state index contributed by atoms with van der Waals surface area (Å²) in [6.45, 7) is 1.79. The molecule has 3 aromatic rings. The number of nitrogens with two attached hydrogens (primary N) is 1. The first-order valence-corrected chi connectivity index (χ1v) is 10.2. The molecule has 0 radical (unpaired) electrons. The lowest BCUT2D eigenvalue weighted by Gasteiger charge is -2.07. The molecule has 1 aromatic heterocycles. The molecule has 0 fully saturated rings. The summed E-state index contributed by atoms with van der Waals surface area (Å²) in [6.07, 6.45) is 0. The number of thiazole rings is 1. The van der Waals surface area contributed by atoms with Crippen LogP contribution in [0.15, 0.2) is 63.8 Å². The summed E-state index contributed by atoms with van der Waals surface area (Å²) in [5, 5.41) is 18.0. The molecule has 0 aliphatic heterocycles. The third-order valence-corrected chi connectivity index (χ3v) is 5.70. The number of benzene rings is 2. The molecule has 1 heterocycles. The van der Waals surface area contributed by atoms with Gasteiger partial charge in [-0.2, -0.15) is 4.99 Å². The zero-order valence-corrected chi connectivity index (χ0v) is 16.1. The van der Waals surface area contributed by atoms with Crippen LogP contribution in [0.25, 0.3) is 5.69 Å². The lowest BCUT2D eigenvalue weighted by atomic mass is 10.2. The van der Waals surface area contributed by atoms with E-state index in [0.29, 0.717) is 10.5 Å². The van der Waals surface area contributed by atoms with Crippen LogP contribution in [0.5, 0.6) is 0 Å². The van der Waals surface area contributed by atoms with Crippen molar-refractivity contribution in [1.29, 1.82) is 0 Å². The van der Waals surface area contributed by atoms with Crippen molar-refractivity contribution < 1.29 is 18.1 Å². The Morgan fingerprint density at radius 1 is 1.18 bits per heavy atom. The van der Waals surface area contributed by atoms with E-state index in [4.69, 9.17) is 5.14 Å². The smallest absolute Gasteiger partial charge is 0.286 e. The van der Waals surface area contributed by atoms with Gasteiger partial charge in [0, 0.05) is 22.8 Å². The number of rotatable bonds is 4. The summed E-state index contributed by atoms with van der Waals surface area (Å²) >= 11 is 1.18. The normalized spacial score (nSPS) is 12.1. The number of aryl methyl sites for hydroxylation is 1. The van der Waals surface area contributed by atoms with Gasteiger partial charge in [-0.05, 0) is 37.3 Å². The first-order chi connectivity index (χ1) is 13.2. The van der Waals surface area contributed by atoms with Crippen molar-refractivity contribution in [2.75, 3.05) is 0 Å². The van der Waals surface area contributed by atoms with Gasteiger partial charge >= 0.3 is 0 Å². The van der Waals surface area contributed by atoms with Gasteiger partial charge in [-0.1, -0.05) is 12.1 Å². The fourth-order valence-electron chi connectivity index (χ4n) is 2.53. The first-order valence-electron chi connectivity index (χ1n) is 7.81. The molecule has 11 heteroatoms. The average Bonchev–Trinajstić information content (AvgIpc) is 3.01. The van der Waals surface area contributed by atoms with Crippen LogP contribution in [0.2, 0.25) is 0 Å². The molecule has 0 unspecified atom stereocenters. The first kappa shape index (κ1) is 19.6. The van der Waals surface area contributed by atoms with Gasteiger partial charge in [-0.25, -0.2) is 13.6 Å². The number of hydrogen-bond donors (Lipinski definition) is 1. The molecule has 0 aliphatic rings. The second kappa shape index (κ2) is 7.46. The fourth-order valence-corrected chi connectivity index (χ4v) is 3.92. The molecule has 0 bridgehead atoms. The molecular formula is C17H14N4O5S2. The van der Waals surface area contributed by atoms with Crippen molar-refractivity contribution >= 4 is 33.0 Å². The number of nitro benzene ring substituents is 1. The lowest BCUT2D eigenvalue weighted by molar-refractivity contribution is -0.385. The molecule has 9 nitrogen and oxygen atoms in total. The zero-order chi connectivity index (χ0) is 20.5. The summed E-state index contributed by atoms with van der Waals surface area (Å²) in [6, 6.07) is 11.3. The number of aromatic nitrogens is 1. The summed E-state index contributed by atoms with van der Waals surface area (Å²) in [5.74, 6) is -0.746. The Kier molecular flexibility index (Phi) is 5.23. The molecule has 2 aromatic carbocycles. The Hall–Kier alpha value is -3.15. The van der Waals surface area contributed by atoms with E-state index >= 15 is 0 Å². The second-order valence-electron chi connectivity index (χ2n) is 5.73. The SMILES string of the molecule is Cc1csc(=NC(=O)c2ccccc2[N+](=O)[O-])n1-c1ccc(S(N)(=O)=O)cc1. The Balaban J connectivity index is 2.09. The van der Waals surface area contributed by atoms with Crippen molar-refractivity contribution in [3.8, 4) is 5.69 Å². The van der Waals surface area contributed by atoms with Crippen LogP contribution in [-0.2, 0) is 10.0 Å². The van der Waals surface area contributed by atoms with E-state index in [1.165, 1.54) is 59.9 Å². The maximum Gasteiger partial charge on any atom is 0.286 e. The summed E-state index contributed by atoms with van der Waals surface area (Å²) in [4.78, 5) is 27.3. The number of amides is 1. The van der Waals surface area contributed by atoms with Crippen molar-refractivity contribution in [3.05, 3.63) is 80.1 Å². The Morgan fingerprint density at radius 3 is 2.43 bits per heavy atom. The lowest BCUT2D eigenvalue weighted by Crippen LogP contribution is -2.17. The number of hydrogen-bond acceptors (Lipinski definition) is 6. The highest BCUT2D eigenvalue weighted by Crippen LogP contribution is 2.19. The monoisotopic (exact) mass is 418 g/mol. The van der Waals surface area contributed by atoms with Gasteiger partial charge in [-0.15, -0.1) is 11.3 Å². The van der Waals surface area contributed by atoms with E-state index in [-0.39, 0.29) is 16.1 Å². The number of para-hydroxylation sites is 1. The number of sulfonamides is 1. The number of nitrogens with zero attached hydrogens (tertiary/aromatic N) is 3. The van der Waals surface area contributed by atoms with Crippen molar-refractivity contribution in [1.82, 2.24) is 4.57 Å². The van der Waals surface area contributed by atoms with Crippen LogP contribution < -0.4 is 9.94 Å². The Labute approximate surface area is 163 Å². The third-order valence-electron chi connectivity index (χ3n) is 3.83. The molecule has 0 saturated carbocycles. The summed E-state index contributed by atoms with van der Waals surface area (Å²) < 4.78 is 24.5. The summed E-state index contributed by atoms with van der Waals surface area (Å²) in [5.41, 5.74) is 0.881. The highest BCUT2D eigenvalue weighted by atomic mass is 32.2. The maximum absolute atomic E-state index is 12.5. The number of primary sulfonamides is 1. The van der Waals surface area contributed by atoms with Crippen LogP contribution in [0.3, 0.4) is 0 Å². The van der Waals surface area contributed by atoms with Gasteiger partial charge in [0.15, 0.2) is 4.80 Å². The third kappa shape index (κ3) is 3.91. The van der Waals surface area contributed by atoms with Crippen molar-refractivity contribution in [3.63, 3.8) is 0 Å². The van der Waals surface area contributed by atoms with Gasteiger partial charge in [0.2, 0.25) is 10.0 Å². The number of nitro groups is 1. The minimum absolute atomic E-state index is 0.0424. The van der Waals surface area contributed by atoms with E-state index in [2.05, 4.69) is 4.99 Å². The van der Waals surface area contributed by atoms with Crippen molar-refractivity contribution in [2.24, 2.45) is 10.1 Å². The molecule has 144 valence electrons. The van der Waals surface area contributed by atoms with E-state index in [9.17, 15) is 23.3 Å². The highest BCUT2D eigenvalue weighted by Gasteiger charge is 2.19. The highest BCUT2D eigenvalue weighted by molar-refractivity contribution is 7.89. The maximum atomic E-state index is 12.5. The van der Waals surface area contributed by atoms with Crippen LogP contribution >= 0.6 is 11.3 Å². The summed E-state index contributed by atoms with van der Waals surface area (Å²) in [7, 11) is -3.82. The molecule has 3 rings (SSSR count). The molecular weight excluding hydrogens is 404 g/mol. The molecule has 28 heavy (non-hydrogen) atoms. The molecule has 0 aliphatic carbocycles. The van der Waals surface area contributed by atoms with Gasteiger partial charge in [0.1, 0.15) is 5.56 Å². The molecule has 0 saturated heterocycles. The molecule has 0 atom stereocenters. The Bertz CT molecular complexity index is 1240. The van der Waals surface area contributed by atoms with Gasteiger partial charge in [0.25, 0.3) is 11.6 Å². The van der Waals surface area contributed by atoms with Gasteiger partial charge in [0.05, 0.1) is 9.82 Å². The van der Waals surface area contributed by atoms with E-state index in [1.54, 1.807) is 16.9 Å². The standard InChI is InChI=1S/C17H14N4O5S2/c1-11-10-27-17(19-16(22)14-4-2-3-5-15(14)21(23)24)20(11)12-6-8-13(9-7-12)28(18,25)26/h2-10H,1H3,(H2,18,25,26). The zero-order valence-electron chi connectivity index (χ0n) is 14.5. The fraction of sp³-hybridized carbons (Fsp3) is 0.0588. The topological polar surface area (TPSA) is 138 Å². The number of carbonyl (C=O) groups excluding carboxylic acids is 1. The predicted molar refractivity (Wildman–Crippen MR) is 103 cm³/mol. The van der Waals surface area contributed by atoms with Crippen LogP contribution in [0.4, 0.5) is 5.69 Å². The predicted octanol–water partition coefficient (Wildman–Crippen LogP) is 2.14. The van der Waals surface area contributed by atoms with E-state index in [0.717, 1.165) is 5.69 Å². The van der Waals surface area contributed by atoms with Crippen LogP contribution in [-0.4, -0.2) is 23.8 Å². The van der Waals surface area contributed by atoms with Gasteiger partial charge in [-0.3, -0.25) is 19.5 Å². The average molecular weight is 418 g/mol. The molecule has 0 spiro atoms. The van der Waals surface area contributed by atoms with Crippen molar-refractivity contribution in [2.45, 2.75) is 11.8 Å². The number of carbonyl (C=O) groups is 1. The van der Waals surface area contributed by atoms with Crippen LogP contribution in [0.1, 0.15) is 16.1 Å². The van der Waals surface area contributed by atoms with Crippen LogP contribution in [0, 0.1) is 17.0 Å². The van der Waals surface area contributed by atoms with E-state index < -0.39 is 20.9 Å². The van der Waals surface area contributed by atoms with Gasteiger partial charge < -0.3 is 0 Å². The minimum atomic E-state index is -3.82. The van der Waals surface area contributed by atoms with E-state index in [1.807, 2.05) is 0 Å². The molecule has 2 N–H and O–H groups in total.